The van der Waals surface area contributed by atoms with Crippen molar-refractivity contribution in [2.24, 2.45) is 0 Å². The molecule has 34 heavy (non-hydrogen) atoms. The van der Waals surface area contributed by atoms with Gasteiger partial charge in [-0.2, -0.15) is 0 Å². The molecular weight excluding hydrogens is 454 g/mol. The zero-order valence-corrected chi connectivity index (χ0v) is 19.4. The first-order chi connectivity index (χ1) is 16.4. The van der Waals surface area contributed by atoms with Gasteiger partial charge in [-0.15, -0.1) is 0 Å². The number of aromatic nitrogens is 3. The number of ether oxygens (including phenoxy) is 1. The maximum atomic E-state index is 13.4. The van der Waals surface area contributed by atoms with E-state index in [0.29, 0.717) is 29.5 Å². The van der Waals surface area contributed by atoms with Crippen LogP contribution in [0.3, 0.4) is 0 Å². The van der Waals surface area contributed by atoms with Crippen LogP contribution in [0.25, 0.3) is 16.7 Å². The molecule has 5 rings (SSSR count). The van der Waals surface area contributed by atoms with E-state index in [-0.39, 0.29) is 34.6 Å². The van der Waals surface area contributed by atoms with Gasteiger partial charge in [0.05, 0.1) is 23.6 Å². The summed E-state index contributed by atoms with van der Waals surface area (Å²) in [5.41, 5.74) is 2.32. The highest BCUT2D eigenvalue weighted by Gasteiger charge is 2.22. The van der Waals surface area contributed by atoms with Gasteiger partial charge in [0.15, 0.2) is 0 Å². The molecule has 3 aromatic heterocycles. The quantitative estimate of drug-likeness (QED) is 0.431. The Morgan fingerprint density at radius 2 is 2.09 bits per heavy atom. The maximum absolute atomic E-state index is 13.4. The Morgan fingerprint density at radius 3 is 2.85 bits per heavy atom. The van der Waals surface area contributed by atoms with Crippen molar-refractivity contribution in [1.82, 2.24) is 19.3 Å². The number of fused-ring (bicyclic) bond motifs is 2. The van der Waals surface area contributed by atoms with Crippen LogP contribution >= 0.6 is 11.6 Å². The van der Waals surface area contributed by atoms with Gasteiger partial charge in [-0.25, -0.2) is 4.98 Å². The number of hydrogen-bond donors (Lipinski definition) is 2. The second-order valence-electron chi connectivity index (χ2n) is 8.47. The molecule has 174 valence electrons. The minimum atomic E-state index is -0.457. The van der Waals surface area contributed by atoms with Crippen LogP contribution in [0.15, 0.2) is 53.5 Å². The van der Waals surface area contributed by atoms with E-state index in [0.717, 1.165) is 24.0 Å². The third kappa shape index (κ3) is 3.99. The molecule has 2 N–H and O–H groups in total. The highest BCUT2D eigenvalue weighted by molar-refractivity contribution is 6.31. The van der Waals surface area contributed by atoms with E-state index in [1.807, 2.05) is 31.2 Å². The summed E-state index contributed by atoms with van der Waals surface area (Å²) in [4.78, 5) is 31.3. The Labute approximate surface area is 200 Å². The minimum Gasteiger partial charge on any atom is -0.376 e. The van der Waals surface area contributed by atoms with E-state index in [4.69, 9.17) is 26.7 Å². The topological polar surface area (TPSA) is 101 Å². The molecule has 1 aliphatic rings. The average Bonchev–Trinajstić information content (AvgIpc) is 3.34. The molecule has 0 spiro atoms. The van der Waals surface area contributed by atoms with Crippen molar-refractivity contribution in [3.63, 3.8) is 0 Å². The van der Waals surface area contributed by atoms with E-state index in [9.17, 15) is 9.59 Å². The molecule has 1 atom stereocenters. The van der Waals surface area contributed by atoms with Crippen LogP contribution in [-0.2, 0) is 17.8 Å². The fourth-order valence-electron chi connectivity index (χ4n) is 4.35. The predicted octanol–water partition coefficient (Wildman–Crippen LogP) is 3.20. The number of hydrogen-bond acceptors (Lipinski definition) is 5. The first-order valence-corrected chi connectivity index (χ1v) is 11.5. The molecule has 1 aromatic carbocycles. The Bertz CT molecular complexity index is 1540. The molecule has 4 aromatic rings. The number of carbonyl (C=O) groups excluding carboxylic acids is 1. The fourth-order valence-corrected chi connectivity index (χ4v) is 4.55. The molecule has 4 heterocycles. The molecule has 1 saturated heterocycles. The lowest BCUT2D eigenvalue weighted by molar-refractivity contribution is 0.0931. The molecule has 1 amide bonds. The number of carbonyl (C=O) groups is 1. The van der Waals surface area contributed by atoms with Gasteiger partial charge in [-0.05, 0) is 49.1 Å². The van der Waals surface area contributed by atoms with Gasteiger partial charge in [0.25, 0.3) is 11.5 Å². The highest BCUT2D eigenvalue weighted by atomic mass is 35.5. The van der Waals surface area contributed by atoms with Crippen molar-refractivity contribution in [3.05, 3.63) is 86.2 Å². The molecule has 8 nitrogen and oxygen atoms in total. The van der Waals surface area contributed by atoms with Gasteiger partial charge >= 0.3 is 0 Å². The fraction of sp³-hybridized carbons (Fsp3) is 0.280. The second kappa shape index (κ2) is 9.04. The first-order valence-electron chi connectivity index (χ1n) is 11.2. The van der Waals surface area contributed by atoms with Gasteiger partial charge in [0, 0.05) is 24.4 Å². The van der Waals surface area contributed by atoms with E-state index in [1.54, 1.807) is 22.9 Å². The second-order valence-corrected chi connectivity index (χ2v) is 8.87. The number of amides is 1. The summed E-state index contributed by atoms with van der Waals surface area (Å²) in [7, 11) is 0. The summed E-state index contributed by atoms with van der Waals surface area (Å²) < 4.78 is 8.89. The van der Waals surface area contributed by atoms with Gasteiger partial charge in [0.2, 0.25) is 0 Å². The SMILES string of the molecule is Cc1cccn2c(=O)c3cc(C(=O)NCc4ccccc4Cl)c(=N)n(CC4CCCO4)c3nc12. The lowest BCUT2D eigenvalue weighted by Gasteiger charge is -2.18. The summed E-state index contributed by atoms with van der Waals surface area (Å²) in [5, 5.41) is 12.5. The minimum absolute atomic E-state index is 0.00973. The van der Waals surface area contributed by atoms with E-state index >= 15 is 0 Å². The Balaban J connectivity index is 1.65. The molecule has 9 heteroatoms. The molecular formula is C25H24ClN5O3. The molecule has 0 aliphatic carbocycles. The highest BCUT2D eigenvalue weighted by Crippen LogP contribution is 2.18. The van der Waals surface area contributed by atoms with Crippen molar-refractivity contribution in [2.75, 3.05) is 6.61 Å². The van der Waals surface area contributed by atoms with Gasteiger partial charge in [0.1, 0.15) is 16.8 Å². The largest absolute Gasteiger partial charge is 0.376 e. The van der Waals surface area contributed by atoms with E-state index < -0.39 is 5.91 Å². The van der Waals surface area contributed by atoms with Crippen LogP contribution in [0, 0.1) is 12.3 Å². The lowest BCUT2D eigenvalue weighted by atomic mass is 10.1. The Morgan fingerprint density at radius 1 is 1.26 bits per heavy atom. The number of pyridine rings is 2. The molecule has 1 fully saturated rings. The van der Waals surface area contributed by atoms with Crippen molar-refractivity contribution < 1.29 is 9.53 Å². The van der Waals surface area contributed by atoms with Crippen LogP contribution in [-0.4, -0.2) is 32.6 Å². The standard InChI is InChI=1S/C25H24ClN5O3/c1-15-6-4-10-30-22(15)29-23-19(25(30)33)12-18(21(27)31(23)14-17-8-5-11-34-17)24(32)28-13-16-7-2-3-9-20(16)26/h2-4,6-7,9-10,12,17,27H,5,8,11,13-14H2,1H3,(H,28,32). The molecule has 0 radical (unpaired) electrons. The summed E-state index contributed by atoms with van der Waals surface area (Å²) >= 11 is 6.21. The summed E-state index contributed by atoms with van der Waals surface area (Å²) in [6.45, 7) is 3.09. The van der Waals surface area contributed by atoms with Gasteiger partial charge in [-0.1, -0.05) is 35.9 Å². The smallest absolute Gasteiger partial charge is 0.267 e. The number of nitrogens with one attached hydrogen (secondary N) is 2. The zero-order valence-electron chi connectivity index (χ0n) is 18.7. The number of nitrogens with zero attached hydrogens (tertiary/aromatic N) is 3. The van der Waals surface area contributed by atoms with E-state index in [1.165, 1.54) is 10.5 Å². The van der Waals surface area contributed by atoms with Crippen molar-refractivity contribution in [3.8, 4) is 0 Å². The molecule has 0 saturated carbocycles. The number of benzene rings is 1. The summed E-state index contributed by atoms with van der Waals surface area (Å²) in [5.74, 6) is -0.457. The first kappa shape index (κ1) is 22.3. The van der Waals surface area contributed by atoms with Gasteiger partial charge in [-0.3, -0.25) is 19.4 Å². The zero-order chi connectivity index (χ0) is 23.8. The van der Waals surface area contributed by atoms with Crippen molar-refractivity contribution >= 4 is 34.2 Å². The number of aryl methyl sites for hydroxylation is 1. The number of rotatable bonds is 5. The lowest BCUT2D eigenvalue weighted by Crippen LogP contribution is -2.36. The van der Waals surface area contributed by atoms with E-state index in [2.05, 4.69) is 5.32 Å². The summed E-state index contributed by atoms with van der Waals surface area (Å²) in [6, 6.07) is 12.4. The Hall–Kier alpha value is -3.49. The monoisotopic (exact) mass is 477 g/mol. The third-order valence-electron chi connectivity index (χ3n) is 6.19. The average molecular weight is 478 g/mol. The molecule has 0 bridgehead atoms. The maximum Gasteiger partial charge on any atom is 0.267 e. The van der Waals surface area contributed by atoms with Crippen molar-refractivity contribution in [2.45, 2.75) is 39.0 Å². The van der Waals surface area contributed by atoms with Crippen LogP contribution in [0.2, 0.25) is 5.02 Å². The predicted molar refractivity (Wildman–Crippen MR) is 129 cm³/mol. The summed E-state index contributed by atoms with van der Waals surface area (Å²) in [6.07, 6.45) is 3.35. The normalized spacial score (nSPS) is 15.8. The van der Waals surface area contributed by atoms with Crippen molar-refractivity contribution in [1.29, 1.82) is 5.41 Å². The van der Waals surface area contributed by atoms with Gasteiger partial charge < -0.3 is 14.6 Å². The number of halogens is 1. The van der Waals surface area contributed by atoms with Crippen LogP contribution in [0.1, 0.15) is 34.3 Å². The molecule has 1 aliphatic heterocycles. The van der Waals surface area contributed by atoms with Crippen LogP contribution < -0.4 is 16.4 Å². The Kier molecular flexibility index (Phi) is 5.93. The molecule has 1 unspecified atom stereocenters. The third-order valence-corrected chi connectivity index (χ3v) is 6.55. The van der Waals surface area contributed by atoms with Crippen LogP contribution in [0.4, 0.5) is 0 Å². The van der Waals surface area contributed by atoms with Crippen LogP contribution in [0.5, 0.6) is 0 Å².